The summed E-state index contributed by atoms with van der Waals surface area (Å²) in [5.41, 5.74) is 1.37. The molecule has 3 rings (SSSR count). The first-order valence-corrected chi connectivity index (χ1v) is 10.8. The van der Waals surface area contributed by atoms with Gasteiger partial charge in [0.15, 0.2) is 0 Å². The first-order chi connectivity index (χ1) is 13.7. The van der Waals surface area contributed by atoms with Crippen LogP contribution in [-0.2, 0) is 22.7 Å². The smallest absolute Gasteiger partial charge is 0.309 e. The van der Waals surface area contributed by atoms with Crippen LogP contribution >= 0.6 is 11.8 Å². The monoisotopic (exact) mass is 401 g/mol. The maximum Gasteiger partial charge on any atom is 0.309 e. The number of thioether (sulfide) groups is 1. The van der Waals surface area contributed by atoms with E-state index in [9.17, 15) is 9.59 Å². The van der Waals surface area contributed by atoms with E-state index in [-0.39, 0.29) is 6.54 Å². The average Bonchev–Trinajstić information content (AvgIpc) is 3.25. The summed E-state index contributed by atoms with van der Waals surface area (Å²) in [6.07, 6.45) is 5.69. The number of likely N-dealkylation sites (tertiary alicyclic amines) is 1. The van der Waals surface area contributed by atoms with Gasteiger partial charge in [0.1, 0.15) is 5.76 Å². The Bertz CT molecular complexity index is 771. The van der Waals surface area contributed by atoms with E-state index in [4.69, 9.17) is 4.42 Å². The van der Waals surface area contributed by atoms with Gasteiger partial charge in [-0.15, -0.1) is 11.8 Å². The normalized spacial score (nSPS) is 15.3. The van der Waals surface area contributed by atoms with Crippen molar-refractivity contribution in [3.63, 3.8) is 0 Å². The lowest BCUT2D eigenvalue weighted by atomic mass is 9.96. The Labute approximate surface area is 170 Å². The van der Waals surface area contributed by atoms with Gasteiger partial charge in [-0.25, -0.2) is 0 Å². The van der Waals surface area contributed by atoms with Crippen LogP contribution in [0.3, 0.4) is 0 Å². The van der Waals surface area contributed by atoms with Gasteiger partial charge in [0.05, 0.1) is 12.8 Å². The highest BCUT2D eigenvalue weighted by Crippen LogP contribution is 2.24. The van der Waals surface area contributed by atoms with Crippen LogP contribution in [0, 0.1) is 5.92 Å². The third kappa shape index (κ3) is 5.87. The zero-order valence-electron chi connectivity index (χ0n) is 16.1. The molecule has 6 nitrogen and oxygen atoms in total. The number of carbonyl (C=O) groups excluding carboxylic acids is 2. The second-order valence-corrected chi connectivity index (χ2v) is 7.85. The Balaban J connectivity index is 1.36. The largest absolute Gasteiger partial charge is 0.467 e. The van der Waals surface area contributed by atoms with Crippen molar-refractivity contribution >= 4 is 23.6 Å². The fourth-order valence-corrected chi connectivity index (χ4v) is 4.01. The summed E-state index contributed by atoms with van der Waals surface area (Å²) in [7, 11) is 0. The standard InChI is InChI=1S/C21H27N3O3S/c1-28-19-7-3-2-5-17(19)15-24-10-8-16(9-11-24)13-22-20(25)21(26)23-14-18-6-4-12-27-18/h2-7,12,16H,8-11,13-15H2,1H3,(H,22,25)(H,23,26). The third-order valence-corrected chi connectivity index (χ3v) is 5.89. The lowest BCUT2D eigenvalue weighted by molar-refractivity contribution is -0.139. The molecule has 2 N–H and O–H groups in total. The number of amides is 2. The highest BCUT2D eigenvalue weighted by Gasteiger charge is 2.21. The van der Waals surface area contributed by atoms with Gasteiger partial charge in [-0.05, 0) is 61.9 Å². The Kier molecular flexibility index (Phi) is 7.56. The van der Waals surface area contributed by atoms with Crippen molar-refractivity contribution in [3.8, 4) is 0 Å². The molecule has 1 aromatic carbocycles. The van der Waals surface area contributed by atoms with Gasteiger partial charge in [0, 0.05) is 18.0 Å². The molecule has 0 bridgehead atoms. The maximum atomic E-state index is 12.0. The predicted molar refractivity (Wildman–Crippen MR) is 110 cm³/mol. The van der Waals surface area contributed by atoms with E-state index in [2.05, 4.69) is 46.1 Å². The minimum absolute atomic E-state index is 0.217. The quantitative estimate of drug-likeness (QED) is 0.551. The first kappa shape index (κ1) is 20.5. The molecule has 0 aliphatic carbocycles. The molecule has 0 spiro atoms. The van der Waals surface area contributed by atoms with E-state index < -0.39 is 11.8 Å². The fraction of sp³-hybridized carbons (Fsp3) is 0.429. The minimum Gasteiger partial charge on any atom is -0.467 e. The highest BCUT2D eigenvalue weighted by molar-refractivity contribution is 7.98. The lowest BCUT2D eigenvalue weighted by Crippen LogP contribution is -2.43. The molecule has 1 aromatic heterocycles. The van der Waals surface area contributed by atoms with Gasteiger partial charge in [-0.1, -0.05) is 18.2 Å². The highest BCUT2D eigenvalue weighted by atomic mass is 32.2. The van der Waals surface area contributed by atoms with Crippen molar-refractivity contribution in [3.05, 3.63) is 54.0 Å². The number of hydrogen-bond donors (Lipinski definition) is 2. The number of benzene rings is 1. The van der Waals surface area contributed by atoms with Crippen LogP contribution in [0.1, 0.15) is 24.2 Å². The second kappa shape index (κ2) is 10.3. The third-order valence-electron chi connectivity index (χ3n) is 5.05. The number of hydrogen-bond acceptors (Lipinski definition) is 5. The molecule has 28 heavy (non-hydrogen) atoms. The van der Waals surface area contributed by atoms with Crippen molar-refractivity contribution in [1.29, 1.82) is 0 Å². The number of carbonyl (C=O) groups is 2. The van der Waals surface area contributed by atoms with Gasteiger partial charge in [0.2, 0.25) is 0 Å². The van der Waals surface area contributed by atoms with Gasteiger partial charge in [-0.3, -0.25) is 14.5 Å². The molecule has 2 heterocycles. The number of nitrogens with zero attached hydrogens (tertiary/aromatic N) is 1. The molecule has 2 amide bonds. The zero-order chi connectivity index (χ0) is 19.8. The first-order valence-electron chi connectivity index (χ1n) is 9.58. The van der Waals surface area contributed by atoms with Gasteiger partial charge < -0.3 is 15.1 Å². The Morgan fingerprint density at radius 1 is 1.11 bits per heavy atom. The molecule has 0 unspecified atom stereocenters. The van der Waals surface area contributed by atoms with Crippen LogP contribution in [0.4, 0.5) is 0 Å². The van der Waals surface area contributed by atoms with Crippen molar-refractivity contribution in [2.45, 2.75) is 30.8 Å². The van der Waals surface area contributed by atoms with Gasteiger partial charge >= 0.3 is 11.8 Å². The van der Waals surface area contributed by atoms with Gasteiger partial charge in [0.25, 0.3) is 0 Å². The van der Waals surface area contributed by atoms with Crippen molar-refractivity contribution in [2.24, 2.45) is 5.92 Å². The molecule has 1 saturated heterocycles. The van der Waals surface area contributed by atoms with E-state index in [1.807, 2.05) is 0 Å². The topological polar surface area (TPSA) is 74.6 Å². The summed E-state index contributed by atoms with van der Waals surface area (Å²) >= 11 is 1.78. The van der Waals surface area contributed by atoms with E-state index in [1.54, 1.807) is 23.9 Å². The summed E-state index contributed by atoms with van der Waals surface area (Å²) in [5.74, 6) is -0.171. The summed E-state index contributed by atoms with van der Waals surface area (Å²) in [5, 5.41) is 5.32. The zero-order valence-corrected chi connectivity index (χ0v) is 17.0. The van der Waals surface area contributed by atoms with Crippen LogP contribution in [0.15, 0.2) is 52.0 Å². The molecular weight excluding hydrogens is 374 g/mol. The van der Waals surface area contributed by atoms with Crippen LogP contribution in [0.2, 0.25) is 0 Å². The molecule has 2 aromatic rings. The number of nitrogens with one attached hydrogen (secondary N) is 2. The van der Waals surface area contributed by atoms with E-state index in [0.29, 0.717) is 18.2 Å². The van der Waals surface area contributed by atoms with Crippen molar-refractivity contribution < 1.29 is 14.0 Å². The molecule has 0 saturated carbocycles. The van der Waals surface area contributed by atoms with Crippen LogP contribution in [-0.4, -0.2) is 42.6 Å². The second-order valence-electron chi connectivity index (χ2n) is 7.00. The minimum atomic E-state index is -0.623. The SMILES string of the molecule is CSc1ccccc1CN1CCC(CNC(=O)C(=O)NCc2ccco2)CC1. The molecule has 1 aliphatic heterocycles. The predicted octanol–water partition coefficient (Wildman–Crippen LogP) is 2.65. The summed E-state index contributed by atoms with van der Waals surface area (Å²) in [6, 6.07) is 12.0. The van der Waals surface area contributed by atoms with Crippen LogP contribution in [0.5, 0.6) is 0 Å². The summed E-state index contributed by atoms with van der Waals surface area (Å²) < 4.78 is 5.13. The fourth-order valence-electron chi connectivity index (χ4n) is 3.40. The van der Waals surface area contributed by atoms with E-state index >= 15 is 0 Å². The van der Waals surface area contributed by atoms with Crippen molar-refractivity contribution in [2.75, 3.05) is 25.9 Å². The molecule has 150 valence electrons. The van der Waals surface area contributed by atoms with Crippen LogP contribution < -0.4 is 10.6 Å². The maximum absolute atomic E-state index is 12.0. The van der Waals surface area contributed by atoms with E-state index in [1.165, 1.54) is 16.7 Å². The molecule has 1 aliphatic rings. The molecule has 1 fully saturated rings. The van der Waals surface area contributed by atoms with Gasteiger partial charge in [-0.2, -0.15) is 0 Å². The Hall–Kier alpha value is -2.25. The van der Waals surface area contributed by atoms with Crippen LogP contribution in [0.25, 0.3) is 0 Å². The Morgan fingerprint density at radius 2 is 1.86 bits per heavy atom. The molecule has 0 radical (unpaired) electrons. The summed E-state index contributed by atoms with van der Waals surface area (Å²) in [4.78, 5) is 27.6. The number of furan rings is 1. The molecular formula is C21H27N3O3S. The average molecular weight is 402 g/mol. The van der Waals surface area contributed by atoms with Crippen molar-refractivity contribution in [1.82, 2.24) is 15.5 Å². The number of rotatable bonds is 7. The summed E-state index contributed by atoms with van der Waals surface area (Å²) in [6.45, 7) is 3.74. The van der Waals surface area contributed by atoms with E-state index in [0.717, 1.165) is 32.5 Å². The molecule has 0 atom stereocenters. The number of piperidine rings is 1. The lowest BCUT2D eigenvalue weighted by Gasteiger charge is -2.32. The Morgan fingerprint density at radius 3 is 2.57 bits per heavy atom. The molecule has 7 heteroatoms.